The fraction of sp³-hybridized carbons (Fsp3) is 0.700. The molecule has 15 heavy (non-hydrogen) atoms. The molecule has 4 nitrogen and oxygen atoms in total. The van der Waals surface area contributed by atoms with Crippen LogP contribution < -0.4 is 0 Å². The molecule has 0 spiro atoms. The molecule has 1 unspecified atom stereocenters. The summed E-state index contributed by atoms with van der Waals surface area (Å²) in [5.74, 6) is 0. The number of alkyl halides is 1. The van der Waals surface area contributed by atoms with E-state index in [0.717, 1.165) is 37.3 Å². The summed E-state index contributed by atoms with van der Waals surface area (Å²) in [6.07, 6.45) is 2.31. The Morgan fingerprint density at radius 1 is 1.67 bits per heavy atom. The normalized spacial score (nSPS) is 23.2. The standard InChI is InChI=1S/C10H16BrN3O/c1-13-3-2-9(12-13)7-14-4-5-15-10(6-11)8-14/h2-3,10H,4-8H2,1H3. The average molecular weight is 274 g/mol. The number of ether oxygens (including phenoxy) is 1. The van der Waals surface area contributed by atoms with E-state index in [0.29, 0.717) is 6.10 Å². The van der Waals surface area contributed by atoms with Gasteiger partial charge in [0.2, 0.25) is 0 Å². The fourth-order valence-electron chi connectivity index (χ4n) is 1.79. The maximum absolute atomic E-state index is 5.59. The van der Waals surface area contributed by atoms with Gasteiger partial charge in [0.05, 0.1) is 18.4 Å². The molecule has 0 N–H and O–H groups in total. The van der Waals surface area contributed by atoms with Gasteiger partial charge in [0.25, 0.3) is 0 Å². The van der Waals surface area contributed by atoms with Gasteiger partial charge in [-0.3, -0.25) is 9.58 Å². The quantitative estimate of drug-likeness (QED) is 0.771. The van der Waals surface area contributed by atoms with Gasteiger partial charge in [-0.2, -0.15) is 5.10 Å². The zero-order chi connectivity index (χ0) is 10.7. The van der Waals surface area contributed by atoms with Crippen molar-refractivity contribution >= 4 is 15.9 Å². The maximum Gasteiger partial charge on any atom is 0.0799 e. The molecular weight excluding hydrogens is 258 g/mol. The van der Waals surface area contributed by atoms with E-state index in [4.69, 9.17) is 4.74 Å². The summed E-state index contributed by atoms with van der Waals surface area (Å²) in [6, 6.07) is 2.07. The lowest BCUT2D eigenvalue weighted by atomic mass is 10.3. The summed E-state index contributed by atoms with van der Waals surface area (Å²) < 4.78 is 7.43. The molecule has 1 aliphatic heterocycles. The van der Waals surface area contributed by atoms with Crippen molar-refractivity contribution in [3.05, 3.63) is 18.0 Å². The van der Waals surface area contributed by atoms with Gasteiger partial charge in [-0.1, -0.05) is 15.9 Å². The minimum absolute atomic E-state index is 0.322. The van der Waals surface area contributed by atoms with E-state index in [1.165, 1.54) is 0 Å². The minimum atomic E-state index is 0.322. The molecular formula is C10H16BrN3O. The van der Waals surface area contributed by atoms with Crippen LogP contribution in [0.4, 0.5) is 0 Å². The van der Waals surface area contributed by atoms with E-state index in [9.17, 15) is 0 Å². The summed E-state index contributed by atoms with van der Waals surface area (Å²) >= 11 is 3.46. The van der Waals surface area contributed by atoms with E-state index in [2.05, 4.69) is 32.0 Å². The van der Waals surface area contributed by atoms with Crippen molar-refractivity contribution in [3.8, 4) is 0 Å². The van der Waals surface area contributed by atoms with Gasteiger partial charge in [0.15, 0.2) is 0 Å². The molecule has 0 saturated carbocycles. The molecule has 1 atom stereocenters. The molecule has 0 bridgehead atoms. The first-order valence-corrected chi connectivity index (χ1v) is 6.28. The number of morpholine rings is 1. The lowest BCUT2D eigenvalue weighted by molar-refractivity contribution is -0.0185. The van der Waals surface area contributed by atoms with Crippen molar-refractivity contribution in [2.45, 2.75) is 12.6 Å². The first kappa shape index (κ1) is 11.1. The number of hydrogen-bond acceptors (Lipinski definition) is 3. The molecule has 1 aromatic heterocycles. The number of hydrogen-bond donors (Lipinski definition) is 0. The lowest BCUT2D eigenvalue weighted by Gasteiger charge is -2.31. The van der Waals surface area contributed by atoms with Crippen molar-refractivity contribution in [1.29, 1.82) is 0 Å². The van der Waals surface area contributed by atoms with Gasteiger partial charge in [0, 0.05) is 38.2 Å². The van der Waals surface area contributed by atoms with Crippen molar-refractivity contribution in [1.82, 2.24) is 14.7 Å². The number of nitrogens with zero attached hydrogens (tertiary/aromatic N) is 3. The van der Waals surface area contributed by atoms with Crippen LogP contribution in [0.2, 0.25) is 0 Å². The molecule has 0 radical (unpaired) electrons. The summed E-state index contributed by atoms with van der Waals surface area (Å²) in [5, 5.41) is 5.29. The van der Waals surface area contributed by atoms with E-state index >= 15 is 0 Å². The highest BCUT2D eigenvalue weighted by atomic mass is 79.9. The average Bonchev–Trinajstić information content (AvgIpc) is 2.64. The highest BCUT2D eigenvalue weighted by Crippen LogP contribution is 2.10. The van der Waals surface area contributed by atoms with E-state index < -0.39 is 0 Å². The van der Waals surface area contributed by atoms with Gasteiger partial charge < -0.3 is 4.74 Å². The highest BCUT2D eigenvalue weighted by Gasteiger charge is 2.19. The van der Waals surface area contributed by atoms with Crippen LogP contribution in [0.5, 0.6) is 0 Å². The topological polar surface area (TPSA) is 30.3 Å². The van der Waals surface area contributed by atoms with Gasteiger partial charge in [-0.15, -0.1) is 0 Å². The van der Waals surface area contributed by atoms with Crippen molar-refractivity contribution in [2.24, 2.45) is 7.05 Å². The first-order valence-electron chi connectivity index (χ1n) is 5.16. The molecule has 84 valence electrons. The van der Waals surface area contributed by atoms with Crippen LogP contribution in [-0.4, -0.2) is 45.8 Å². The Balaban J connectivity index is 1.88. The third kappa shape index (κ3) is 3.03. The lowest BCUT2D eigenvalue weighted by Crippen LogP contribution is -2.42. The number of rotatable bonds is 3. The van der Waals surface area contributed by atoms with Gasteiger partial charge in [-0.05, 0) is 6.07 Å². The molecule has 1 aromatic rings. The van der Waals surface area contributed by atoms with Crippen LogP contribution in [0.1, 0.15) is 5.69 Å². The number of aryl methyl sites for hydroxylation is 1. The van der Waals surface area contributed by atoms with E-state index in [1.54, 1.807) is 0 Å². The Morgan fingerprint density at radius 2 is 2.53 bits per heavy atom. The van der Waals surface area contributed by atoms with Crippen LogP contribution in [-0.2, 0) is 18.3 Å². The maximum atomic E-state index is 5.59. The Morgan fingerprint density at radius 3 is 3.20 bits per heavy atom. The zero-order valence-corrected chi connectivity index (χ0v) is 10.5. The Bertz CT molecular complexity index is 315. The summed E-state index contributed by atoms with van der Waals surface area (Å²) in [7, 11) is 1.95. The largest absolute Gasteiger partial charge is 0.375 e. The molecule has 1 saturated heterocycles. The van der Waals surface area contributed by atoms with Gasteiger partial charge in [0.1, 0.15) is 0 Å². The summed E-state index contributed by atoms with van der Waals surface area (Å²) in [5.41, 5.74) is 1.13. The van der Waals surface area contributed by atoms with Crippen molar-refractivity contribution in [2.75, 3.05) is 25.0 Å². The second-order valence-corrected chi connectivity index (χ2v) is 4.51. The molecule has 1 fully saturated rings. The van der Waals surface area contributed by atoms with Gasteiger partial charge in [-0.25, -0.2) is 0 Å². The molecule has 0 aliphatic carbocycles. The first-order chi connectivity index (χ1) is 7.28. The molecule has 2 rings (SSSR count). The molecule has 1 aliphatic rings. The van der Waals surface area contributed by atoms with E-state index in [1.807, 2.05) is 17.9 Å². The Hall–Kier alpha value is -0.390. The second kappa shape index (κ2) is 5.09. The number of halogens is 1. The van der Waals surface area contributed by atoms with Crippen LogP contribution >= 0.6 is 15.9 Å². The third-order valence-corrected chi connectivity index (χ3v) is 3.27. The van der Waals surface area contributed by atoms with Crippen molar-refractivity contribution < 1.29 is 4.74 Å². The van der Waals surface area contributed by atoms with Crippen LogP contribution in [0.25, 0.3) is 0 Å². The van der Waals surface area contributed by atoms with Crippen LogP contribution in [0.3, 0.4) is 0 Å². The predicted octanol–water partition coefficient (Wildman–Crippen LogP) is 1.02. The number of aromatic nitrogens is 2. The highest BCUT2D eigenvalue weighted by molar-refractivity contribution is 9.09. The molecule has 2 heterocycles. The molecule has 0 amide bonds. The van der Waals surface area contributed by atoms with Crippen molar-refractivity contribution in [3.63, 3.8) is 0 Å². The second-order valence-electron chi connectivity index (χ2n) is 3.86. The van der Waals surface area contributed by atoms with Crippen LogP contribution in [0.15, 0.2) is 12.3 Å². The summed E-state index contributed by atoms with van der Waals surface area (Å²) in [6.45, 7) is 3.73. The Labute approximate surface area is 98.3 Å². The minimum Gasteiger partial charge on any atom is -0.375 e. The smallest absolute Gasteiger partial charge is 0.0799 e. The third-order valence-electron chi connectivity index (χ3n) is 2.55. The SMILES string of the molecule is Cn1ccc(CN2CCOC(CBr)C2)n1. The van der Waals surface area contributed by atoms with E-state index in [-0.39, 0.29) is 0 Å². The predicted molar refractivity (Wildman–Crippen MR) is 62.0 cm³/mol. The fourth-order valence-corrected chi connectivity index (χ4v) is 2.19. The molecule has 5 heteroatoms. The molecule has 0 aromatic carbocycles. The monoisotopic (exact) mass is 273 g/mol. The van der Waals surface area contributed by atoms with Crippen LogP contribution in [0, 0.1) is 0 Å². The van der Waals surface area contributed by atoms with Gasteiger partial charge >= 0.3 is 0 Å². The zero-order valence-electron chi connectivity index (χ0n) is 8.90. The summed E-state index contributed by atoms with van der Waals surface area (Å²) in [4.78, 5) is 2.39. The Kier molecular flexibility index (Phi) is 3.77.